The molecule has 1 aromatic carbocycles. The van der Waals surface area contributed by atoms with Crippen LogP contribution in [0.25, 0.3) is 0 Å². The highest BCUT2D eigenvalue weighted by Gasteiger charge is 2.33. The van der Waals surface area contributed by atoms with E-state index < -0.39 is 11.9 Å². The van der Waals surface area contributed by atoms with E-state index in [0.29, 0.717) is 13.0 Å². The minimum Gasteiger partial charge on any atom is -0.481 e. The SMILES string of the molecule is Cc1cc(C)cc(NC(=O)C(C)N2CC(C)CC(C(=O)O)C2)c1. The van der Waals surface area contributed by atoms with Crippen LogP contribution in [0.4, 0.5) is 5.69 Å². The van der Waals surface area contributed by atoms with Crippen LogP contribution in [0.2, 0.25) is 0 Å². The van der Waals surface area contributed by atoms with Crippen molar-refractivity contribution in [1.29, 1.82) is 0 Å². The van der Waals surface area contributed by atoms with Gasteiger partial charge in [0.25, 0.3) is 0 Å². The second kappa shape index (κ2) is 7.13. The van der Waals surface area contributed by atoms with Crippen molar-refractivity contribution < 1.29 is 14.7 Å². The smallest absolute Gasteiger partial charge is 0.307 e. The Labute approximate surface area is 137 Å². The number of piperidine rings is 1. The number of carboxylic acid groups (broad SMARTS) is 1. The lowest BCUT2D eigenvalue weighted by Crippen LogP contribution is -2.50. The van der Waals surface area contributed by atoms with Crippen molar-refractivity contribution in [1.82, 2.24) is 4.90 Å². The van der Waals surface area contributed by atoms with Crippen LogP contribution in [-0.2, 0) is 9.59 Å². The number of nitrogens with one attached hydrogen (secondary N) is 1. The van der Waals surface area contributed by atoms with Crippen molar-refractivity contribution in [3.8, 4) is 0 Å². The number of aryl methyl sites for hydroxylation is 2. The summed E-state index contributed by atoms with van der Waals surface area (Å²) in [4.78, 5) is 25.8. The Balaban J connectivity index is 2.05. The monoisotopic (exact) mass is 318 g/mol. The molecule has 2 N–H and O–H groups in total. The Morgan fingerprint density at radius 2 is 1.83 bits per heavy atom. The zero-order chi connectivity index (χ0) is 17.1. The van der Waals surface area contributed by atoms with Crippen LogP contribution in [0, 0.1) is 25.7 Å². The van der Waals surface area contributed by atoms with Crippen molar-refractivity contribution in [2.75, 3.05) is 18.4 Å². The molecule has 3 atom stereocenters. The molecule has 2 rings (SSSR count). The molecule has 1 saturated heterocycles. The molecule has 1 fully saturated rings. The van der Waals surface area contributed by atoms with E-state index in [9.17, 15) is 14.7 Å². The van der Waals surface area contributed by atoms with Gasteiger partial charge in [0.1, 0.15) is 0 Å². The van der Waals surface area contributed by atoms with Gasteiger partial charge in [0.2, 0.25) is 5.91 Å². The molecule has 1 amide bonds. The van der Waals surface area contributed by atoms with E-state index in [1.54, 1.807) is 0 Å². The van der Waals surface area contributed by atoms with Gasteiger partial charge in [0.15, 0.2) is 0 Å². The maximum Gasteiger partial charge on any atom is 0.307 e. The highest BCUT2D eigenvalue weighted by Crippen LogP contribution is 2.24. The first-order valence-electron chi connectivity index (χ1n) is 8.12. The minimum atomic E-state index is -0.775. The standard InChI is InChI=1S/C18H26N2O3/c1-11-5-12(2)8-16(7-11)19-17(21)14(4)20-9-13(3)6-15(10-20)18(22)23/h5,7-8,13-15H,6,9-10H2,1-4H3,(H,19,21)(H,22,23). The van der Waals surface area contributed by atoms with Gasteiger partial charge in [-0.05, 0) is 56.4 Å². The molecule has 5 heteroatoms. The molecule has 1 aromatic rings. The number of likely N-dealkylation sites (tertiary alicyclic amines) is 1. The number of hydrogen-bond donors (Lipinski definition) is 2. The number of aliphatic carboxylic acids is 1. The molecule has 0 bridgehead atoms. The van der Waals surface area contributed by atoms with Gasteiger partial charge in [-0.15, -0.1) is 0 Å². The maximum absolute atomic E-state index is 12.5. The quantitative estimate of drug-likeness (QED) is 0.895. The molecule has 1 heterocycles. The molecule has 0 saturated carbocycles. The zero-order valence-corrected chi connectivity index (χ0v) is 14.3. The predicted octanol–water partition coefficient (Wildman–Crippen LogP) is 2.67. The molecule has 0 spiro atoms. The third-order valence-electron chi connectivity index (χ3n) is 4.45. The number of rotatable bonds is 4. The molecule has 5 nitrogen and oxygen atoms in total. The maximum atomic E-state index is 12.5. The minimum absolute atomic E-state index is 0.0896. The first-order valence-corrected chi connectivity index (χ1v) is 8.12. The fourth-order valence-corrected chi connectivity index (χ4v) is 3.35. The van der Waals surface area contributed by atoms with E-state index in [2.05, 4.69) is 11.4 Å². The number of nitrogens with zero attached hydrogens (tertiary/aromatic N) is 1. The van der Waals surface area contributed by atoms with Crippen molar-refractivity contribution in [2.45, 2.75) is 40.2 Å². The Bertz CT molecular complexity index is 580. The molecule has 3 unspecified atom stereocenters. The topological polar surface area (TPSA) is 69.6 Å². The summed E-state index contributed by atoms with van der Waals surface area (Å²) >= 11 is 0. The number of carboxylic acids is 1. The summed E-state index contributed by atoms with van der Waals surface area (Å²) < 4.78 is 0. The number of carbonyl (C=O) groups is 2. The van der Waals surface area contributed by atoms with E-state index >= 15 is 0 Å². The van der Waals surface area contributed by atoms with Gasteiger partial charge in [-0.2, -0.15) is 0 Å². The third kappa shape index (κ3) is 4.55. The third-order valence-corrected chi connectivity index (χ3v) is 4.45. The van der Waals surface area contributed by atoms with Crippen LogP contribution in [0.15, 0.2) is 18.2 Å². The Morgan fingerprint density at radius 1 is 1.22 bits per heavy atom. The summed E-state index contributed by atoms with van der Waals surface area (Å²) in [7, 11) is 0. The average Bonchev–Trinajstić information content (AvgIpc) is 2.44. The summed E-state index contributed by atoms with van der Waals surface area (Å²) in [6, 6.07) is 5.59. The van der Waals surface area contributed by atoms with Gasteiger partial charge in [0, 0.05) is 18.8 Å². The van der Waals surface area contributed by atoms with E-state index in [1.165, 1.54) is 0 Å². The molecule has 1 aliphatic heterocycles. The van der Waals surface area contributed by atoms with Crippen LogP contribution in [0.1, 0.15) is 31.4 Å². The second-order valence-corrected chi connectivity index (χ2v) is 6.87. The predicted molar refractivity (Wildman–Crippen MR) is 90.5 cm³/mol. The Kier molecular flexibility index (Phi) is 5.42. The number of carbonyl (C=O) groups excluding carboxylic acids is 1. The van der Waals surface area contributed by atoms with Gasteiger partial charge in [-0.25, -0.2) is 0 Å². The molecule has 0 radical (unpaired) electrons. The summed E-state index contributed by atoms with van der Waals surface area (Å²) in [5.41, 5.74) is 3.00. The van der Waals surface area contributed by atoms with E-state index in [-0.39, 0.29) is 17.9 Å². The Hall–Kier alpha value is -1.88. The number of amides is 1. The van der Waals surface area contributed by atoms with E-state index in [1.807, 2.05) is 44.7 Å². The molecular formula is C18H26N2O3. The molecule has 0 aliphatic carbocycles. The summed E-state index contributed by atoms with van der Waals surface area (Å²) in [6.07, 6.45) is 0.678. The summed E-state index contributed by atoms with van der Waals surface area (Å²) in [6.45, 7) is 9.06. The molecular weight excluding hydrogens is 292 g/mol. The van der Waals surface area contributed by atoms with Crippen molar-refractivity contribution >= 4 is 17.6 Å². The lowest BCUT2D eigenvalue weighted by molar-refractivity contribution is -0.145. The fraction of sp³-hybridized carbons (Fsp3) is 0.556. The molecule has 0 aromatic heterocycles. The lowest BCUT2D eigenvalue weighted by atomic mass is 9.89. The van der Waals surface area contributed by atoms with Crippen LogP contribution >= 0.6 is 0 Å². The van der Waals surface area contributed by atoms with Crippen LogP contribution in [-0.4, -0.2) is 41.0 Å². The molecule has 126 valence electrons. The van der Waals surface area contributed by atoms with Crippen LogP contribution in [0.3, 0.4) is 0 Å². The zero-order valence-electron chi connectivity index (χ0n) is 14.3. The Morgan fingerprint density at radius 3 is 2.39 bits per heavy atom. The van der Waals surface area contributed by atoms with Crippen LogP contribution < -0.4 is 5.32 Å². The molecule has 1 aliphatic rings. The summed E-state index contributed by atoms with van der Waals surface area (Å²) in [5, 5.41) is 12.2. The largest absolute Gasteiger partial charge is 0.481 e. The van der Waals surface area contributed by atoms with Crippen molar-refractivity contribution in [2.24, 2.45) is 11.8 Å². The molecule has 23 heavy (non-hydrogen) atoms. The highest BCUT2D eigenvalue weighted by molar-refractivity contribution is 5.94. The van der Waals surface area contributed by atoms with Gasteiger partial charge in [0.05, 0.1) is 12.0 Å². The lowest BCUT2D eigenvalue weighted by Gasteiger charge is -2.37. The average molecular weight is 318 g/mol. The fourth-order valence-electron chi connectivity index (χ4n) is 3.35. The second-order valence-electron chi connectivity index (χ2n) is 6.87. The van der Waals surface area contributed by atoms with Gasteiger partial charge >= 0.3 is 5.97 Å². The van der Waals surface area contributed by atoms with Crippen LogP contribution in [0.5, 0.6) is 0 Å². The van der Waals surface area contributed by atoms with E-state index in [0.717, 1.165) is 23.4 Å². The van der Waals surface area contributed by atoms with E-state index in [4.69, 9.17) is 0 Å². The van der Waals surface area contributed by atoms with Crippen molar-refractivity contribution in [3.63, 3.8) is 0 Å². The number of benzene rings is 1. The van der Waals surface area contributed by atoms with Gasteiger partial charge in [-0.1, -0.05) is 13.0 Å². The number of anilines is 1. The van der Waals surface area contributed by atoms with Crippen molar-refractivity contribution in [3.05, 3.63) is 29.3 Å². The number of hydrogen-bond acceptors (Lipinski definition) is 3. The summed E-state index contributed by atoms with van der Waals surface area (Å²) in [5.74, 6) is -0.978. The first kappa shape index (κ1) is 17.5. The highest BCUT2D eigenvalue weighted by atomic mass is 16.4. The first-order chi connectivity index (χ1) is 10.8. The van der Waals surface area contributed by atoms with Gasteiger partial charge < -0.3 is 10.4 Å². The normalized spacial score (nSPS) is 23.3. The van der Waals surface area contributed by atoms with Gasteiger partial charge in [-0.3, -0.25) is 14.5 Å².